The number of hydrogen-bond donors (Lipinski definition) is 0. The predicted octanol–water partition coefficient (Wildman–Crippen LogP) is 0.805. The number of nitriles is 1. The third kappa shape index (κ3) is 4.21. The second-order valence-electron chi connectivity index (χ2n) is 1.66. The van der Waals surface area contributed by atoms with Gasteiger partial charge in [-0.15, -0.1) is 11.8 Å². The van der Waals surface area contributed by atoms with Gasteiger partial charge in [-0.2, -0.15) is 5.26 Å². The first-order valence-electron chi connectivity index (χ1n) is 2.78. The Labute approximate surface area is 64.4 Å². The Balaban J connectivity index is 3.37. The van der Waals surface area contributed by atoms with E-state index in [1.807, 2.05) is 6.07 Å². The largest absolute Gasteiger partial charge is 0.468 e. The molecule has 0 amide bonds. The monoisotopic (exact) mass is 159 g/mol. The van der Waals surface area contributed by atoms with E-state index in [2.05, 4.69) is 4.74 Å². The van der Waals surface area contributed by atoms with Crippen LogP contribution < -0.4 is 0 Å². The number of esters is 1. The van der Waals surface area contributed by atoms with E-state index in [9.17, 15) is 4.79 Å². The number of methoxy groups -OCH3 is 1. The molecule has 0 heterocycles. The van der Waals surface area contributed by atoms with Gasteiger partial charge in [-0.3, -0.25) is 4.79 Å². The lowest BCUT2D eigenvalue weighted by Crippen LogP contribution is -2.06. The minimum atomic E-state index is -0.285. The average Bonchev–Trinajstić information content (AvgIpc) is 1.99. The lowest BCUT2D eigenvalue weighted by molar-refractivity contribution is -0.137. The van der Waals surface area contributed by atoms with Gasteiger partial charge in [-0.1, -0.05) is 0 Å². The van der Waals surface area contributed by atoms with Crippen LogP contribution in [0.5, 0.6) is 0 Å². The quantitative estimate of drug-likeness (QED) is 0.572. The van der Waals surface area contributed by atoms with Crippen molar-refractivity contribution in [1.82, 2.24) is 0 Å². The number of ether oxygens (including phenoxy) is 1. The number of thioether (sulfide) groups is 1. The van der Waals surface area contributed by atoms with Crippen LogP contribution in [0.3, 0.4) is 0 Å². The first-order valence-corrected chi connectivity index (χ1v) is 3.83. The topological polar surface area (TPSA) is 50.1 Å². The predicted molar refractivity (Wildman–Crippen MR) is 39.5 cm³/mol. The summed E-state index contributed by atoms with van der Waals surface area (Å²) in [6.45, 7) is 1.74. The van der Waals surface area contributed by atoms with Gasteiger partial charge in [0, 0.05) is 0 Å². The molecule has 1 unspecified atom stereocenters. The first kappa shape index (κ1) is 9.31. The second-order valence-corrected chi connectivity index (χ2v) is 2.99. The van der Waals surface area contributed by atoms with E-state index >= 15 is 0 Å². The van der Waals surface area contributed by atoms with Crippen LogP contribution in [0.4, 0.5) is 0 Å². The molecule has 0 N–H and O–H groups in total. The second kappa shape index (κ2) is 5.12. The summed E-state index contributed by atoms with van der Waals surface area (Å²) in [5, 5.41) is 8.16. The summed E-state index contributed by atoms with van der Waals surface area (Å²) in [6.07, 6.45) is 0. The van der Waals surface area contributed by atoms with Crippen LogP contribution in [0, 0.1) is 11.3 Å². The van der Waals surface area contributed by atoms with Crippen molar-refractivity contribution < 1.29 is 9.53 Å². The molecule has 0 aliphatic rings. The van der Waals surface area contributed by atoms with Crippen LogP contribution in [0.1, 0.15) is 6.92 Å². The van der Waals surface area contributed by atoms with Gasteiger partial charge in [-0.25, -0.2) is 0 Å². The van der Waals surface area contributed by atoms with Crippen LogP contribution in [-0.4, -0.2) is 24.1 Å². The smallest absolute Gasteiger partial charge is 0.315 e. The number of carbonyl (C=O) groups excluding carboxylic acids is 1. The van der Waals surface area contributed by atoms with Crippen molar-refractivity contribution in [2.45, 2.75) is 12.2 Å². The third-order valence-electron chi connectivity index (χ3n) is 0.861. The zero-order chi connectivity index (χ0) is 7.98. The van der Waals surface area contributed by atoms with Crippen molar-refractivity contribution in [1.29, 1.82) is 5.26 Å². The van der Waals surface area contributed by atoms with E-state index in [1.54, 1.807) is 6.92 Å². The van der Waals surface area contributed by atoms with Gasteiger partial charge in [0.2, 0.25) is 0 Å². The normalized spacial score (nSPS) is 11.7. The fraction of sp³-hybridized carbons (Fsp3) is 0.667. The van der Waals surface area contributed by atoms with Crippen molar-refractivity contribution >= 4 is 17.7 Å². The lowest BCUT2D eigenvalue weighted by Gasteiger charge is -1.99. The summed E-state index contributed by atoms with van der Waals surface area (Å²) >= 11 is 1.27. The van der Waals surface area contributed by atoms with Gasteiger partial charge in [0.1, 0.15) is 0 Å². The van der Waals surface area contributed by atoms with Crippen LogP contribution in [0.2, 0.25) is 0 Å². The Hall–Kier alpha value is -0.690. The van der Waals surface area contributed by atoms with Crippen molar-refractivity contribution in [3.8, 4) is 6.07 Å². The zero-order valence-corrected chi connectivity index (χ0v) is 6.77. The molecule has 1 atom stereocenters. The molecule has 0 spiro atoms. The van der Waals surface area contributed by atoms with Crippen LogP contribution in [0.15, 0.2) is 0 Å². The lowest BCUT2D eigenvalue weighted by atomic mass is 10.5. The maximum atomic E-state index is 10.5. The first-order chi connectivity index (χ1) is 4.70. The Morgan fingerprint density at radius 2 is 2.50 bits per heavy atom. The highest BCUT2D eigenvalue weighted by Gasteiger charge is 2.04. The van der Waals surface area contributed by atoms with E-state index in [4.69, 9.17) is 5.26 Å². The van der Waals surface area contributed by atoms with E-state index in [0.29, 0.717) is 0 Å². The molecule has 0 radical (unpaired) electrons. The van der Waals surface area contributed by atoms with Crippen molar-refractivity contribution in [2.24, 2.45) is 0 Å². The molecule has 0 bridgehead atoms. The standard InChI is InChI=1S/C6H9NO2S/c1-5(3-7)10-4-6(8)9-2/h5H,4H2,1-2H3. The molecule has 0 fully saturated rings. The van der Waals surface area contributed by atoms with Crippen molar-refractivity contribution in [3.05, 3.63) is 0 Å². The molecular formula is C6H9NO2S. The number of carbonyl (C=O) groups is 1. The molecule has 0 aliphatic carbocycles. The van der Waals surface area contributed by atoms with Crippen LogP contribution >= 0.6 is 11.8 Å². The van der Waals surface area contributed by atoms with Gasteiger partial charge < -0.3 is 4.74 Å². The molecule has 10 heavy (non-hydrogen) atoms. The van der Waals surface area contributed by atoms with E-state index in [0.717, 1.165) is 0 Å². The minimum Gasteiger partial charge on any atom is -0.468 e. The molecular weight excluding hydrogens is 150 g/mol. The summed E-state index contributed by atoms with van der Waals surface area (Å²) in [7, 11) is 1.33. The zero-order valence-electron chi connectivity index (χ0n) is 5.96. The third-order valence-corrected chi connectivity index (χ3v) is 1.87. The molecule has 56 valence electrons. The van der Waals surface area contributed by atoms with Gasteiger partial charge in [0.05, 0.1) is 24.2 Å². The molecule has 3 nitrogen and oxygen atoms in total. The summed E-state index contributed by atoms with van der Waals surface area (Å²) in [5.74, 6) is -0.0299. The molecule has 0 aromatic rings. The fourth-order valence-electron chi connectivity index (χ4n) is 0.289. The fourth-order valence-corrected chi connectivity index (χ4v) is 0.868. The van der Waals surface area contributed by atoms with E-state index < -0.39 is 0 Å². The Bertz CT molecular complexity index is 152. The molecule has 0 rings (SSSR count). The average molecular weight is 159 g/mol. The molecule has 0 saturated carbocycles. The molecule has 0 saturated heterocycles. The highest BCUT2D eigenvalue weighted by molar-refractivity contribution is 8.00. The Morgan fingerprint density at radius 3 is 2.90 bits per heavy atom. The van der Waals surface area contributed by atoms with E-state index in [1.165, 1.54) is 18.9 Å². The van der Waals surface area contributed by atoms with Crippen molar-refractivity contribution in [3.63, 3.8) is 0 Å². The van der Waals surface area contributed by atoms with Gasteiger partial charge in [0.25, 0.3) is 0 Å². The summed E-state index contributed by atoms with van der Waals surface area (Å²) in [6, 6.07) is 2.00. The summed E-state index contributed by atoms with van der Waals surface area (Å²) in [5.41, 5.74) is 0. The van der Waals surface area contributed by atoms with Gasteiger partial charge in [0.15, 0.2) is 0 Å². The Morgan fingerprint density at radius 1 is 1.90 bits per heavy atom. The summed E-state index contributed by atoms with van der Waals surface area (Å²) in [4.78, 5) is 10.5. The number of nitrogens with zero attached hydrogens (tertiary/aromatic N) is 1. The van der Waals surface area contributed by atoms with E-state index in [-0.39, 0.29) is 17.0 Å². The minimum absolute atomic E-state index is 0.140. The molecule has 0 aliphatic heterocycles. The molecule has 0 aromatic heterocycles. The number of rotatable bonds is 3. The molecule has 0 aromatic carbocycles. The number of hydrogen-bond acceptors (Lipinski definition) is 4. The Kier molecular flexibility index (Phi) is 4.77. The maximum Gasteiger partial charge on any atom is 0.315 e. The summed E-state index contributed by atoms with van der Waals surface area (Å²) < 4.78 is 4.38. The van der Waals surface area contributed by atoms with Crippen molar-refractivity contribution in [2.75, 3.05) is 12.9 Å². The van der Waals surface area contributed by atoms with Gasteiger partial charge >= 0.3 is 5.97 Å². The SMILES string of the molecule is COC(=O)CSC(C)C#N. The molecule has 4 heteroatoms. The van der Waals surface area contributed by atoms with Crippen LogP contribution in [0.25, 0.3) is 0 Å². The van der Waals surface area contributed by atoms with Crippen LogP contribution in [-0.2, 0) is 9.53 Å². The highest BCUT2D eigenvalue weighted by atomic mass is 32.2. The maximum absolute atomic E-state index is 10.5. The highest BCUT2D eigenvalue weighted by Crippen LogP contribution is 2.08. The van der Waals surface area contributed by atoms with Gasteiger partial charge in [-0.05, 0) is 6.92 Å².